The Labute approximate surface area is 194 Å². The van der Waals surface area contributed by atoms with E-state index in [1.165, 1.54) is 0 Å². The fourth-order valence-corrected chi connectivity index (χ4v) is 4.64. The van der Waals surface area contributed by atoms with E-state index in [1.807, 2.05) is 30.3 Å². The van der Waals surface area contributed by atoms with E-state index in [1.54, 1.807) is 31.8 Å². The molecule has 0 bridgehead atoms. The van der Waals surface area contributed by atoms with Crippen LogP contribution < -0.4 is 4.74 Å². The number of methoxy groups -OCH3 is 1. The number of hydrogen-bond acceptors (Lipinski definition) is 5. The predicted molar refractivity (Wildman–Crippen MR) is 128 cm³/mol. The molecule has 1 aliphatic heterocycles. The number of benzene rings is 1. The fraction of sp³-hybridized carbons (Fsp3) is 0.407. The van der Waals surface area contributed by atoms with Gasteiger partial charge in [-0.05, 0) is 79.6 Å². The zero-order valence-corrected chi connectivity index (χ0v) is 19.0. The summed E-state index contributed by atoms with van der Waals surface area (Å²) in [6.45, 7) is 2.49. The lowest BCUT2D eigenvalue weighted by Gasteiger charge is -2.37. The van der Waals surface area contributed by atoms with Crippen LogP contribution >= 0.6 is 0 Å². The number of likely N-dealkylation sites (tertiary alicyclic amines) is 1. The van der Waals surface area contributed by atoms with Gasteiger partial charge >= 0.3 is 0 Å². The van der Waals surface area contributed by atoms with Crippen molar-refractivity contribution in [1.82, 2.24) is 14.9 Å². The average molecular weight is 448 g/mol. The molecule has 4 rings (SSSR count). The second-order valence-electron chi connectivity index (χ2n) is 8.59. The summed E-state index contributed by atoms with van der Waals surface area (Å²) >= 11 is 0. The van der Waals surface area contributed by atoms with Crippen LogP contribution in [0.5, 0.6) is 5.75 Å². The minimum absolute atomic E-state index is 0.116. The zero-order chi connectivity index (χ0) is 23.0. The molecule has 1 fully saturated rings. The molecule has 172 valence electrons. The minimum atomic E-state index is -1.08. The Bertz CT molecular complexity index is 1110. The molecule has 0 spiro atoms. The third-order valence-corrected chi connectivity index (χ3v) is 6.54. The third-order valence-electron chi connectivity index (χ3n) is 6.54. The van der Waals surface area contributed by atoms with Crippen LogP contribution in [0.2, 0.25) is 0 Å². The lowest BCUT2D eigenvalue weighted by Crippen LogP contribution is -2.42. The average Bonchev–Trinajstić information content (AvgIpc) is 2.87. The molecule has 3 aromatic rings. The van der Waals surface area contributed by atoms with Crippen LogP contribution in [0, 0.1) is 23.7 Å². The van der Waals surface area contributed by atoms with Crippen molar-refractivity contribution in [3.8, 4) is 17.6 Å². The quantitative estimate of drug-likeness (QED) is 0.544. The Hall–Kier alpha value is -3.01. The van der Waals surface area contributed by atoms with Crippen molar-refractivity contribution >= 4 is 10.9 Å². The number of pyridine rings is 2. The third kappa shape index (κ3) is 5.87. The van der Waals surface area contributed by atoms with Gasteiger partial charge in [-0.2, -0.15) is 0 Å². The first kappa shape index (κ1) is 23.2. The summed E-state index contributed by atoms with van der Waals surface area (Å²) < 4.78 is 20.6. The maximum atomic E-state index is 15.3. The lowest BCUT2D eigenvalue weighted by atomic mass is 9.81. The van der Waals surface area contributed by atoms with E-state index in [2.05, 4.69) is 26.7 Å². The summed E-state index contributed by atoms with van der Waals surface area (Å²) in [5.41, 5.74) is 2.38. The van der Waals surface area contributed by atoms with Gasteiger partial charge in [0, 0.05) is 42.7 Å². The highest BCUT2D eigenvalue weighted by molar-refractivity contribution is 5.83. The van der Waals surface area contributed by atoms with Crippen molar-refractivity contribution in [2.24, 2.45) is 11.8 Å². The van der Waals surface area contributed by atoms with Crippen LogP contribution in [-0.2, 0) is 0 Å². The summed E-state index contributed by atoms with van der Waals surface area (Å²) in [7, 11) is 1.61. The number of ether oxygens (including phenoxy) is 1. The molecule has 0 saturated carbocycles. The van der Waals surface area contributed by atoms with Crippen LogP contribution in [0.4, 0.5) is 4.39 Å². The summed E-state index contributed by atoms with van der Waals surface area (Å²) in [6, 6.07) is 11.1. The van der Waals surface area contributed by atoms with E-state index >= 15 is 4.39 Å². The molecule has 3 atom stereocenters. The molecule has 0 amide bonds. The maximum Gasteiger partial charge on any atom is 0.126 e. The smallest absolute Gasteiger partial charge is 0.126 e. The standard InChI is InChI=1S/C27H30FN3O2/c1-33-23-5-7-27-25(17-23)24(10-14-30-27)26(28)6-4-21-11-16-31(18-22(21)19-32)15-2-3-20-8-12-29-13-9-20/h5,7-10,12-14,17,21-22,26,32H,4,6,11,15-16,18-19H2,1H3/t21-,22-,26-/m1/s1. The largest absolute Gasteiger partial charge is 0.497 e. The Kier molecular flexibility index (Phi) is 7.87. The number of aliphatic hydroxyl groups excluding tert-OH is 1. The summed E-state index contributed by atoms with van der Waals surface area (Å²) in [4.78, 5) is 10.6. The van der Waals surface area contributed by atoms with E-state index in [9.17, 15) is 5.11 Å². The Morgan fingerprint density at radius 1 is 1.18 bits per heavy atom. The van der Waals surface area contributed by atoms with Gasteiger partial charge in [0.05, 0.1) is 19.2 Å². The number of fused-ring (bicyclic) bond motifs is 1. The Morgan fingerprint density at radius 3 is 2.82 bits per heavy atom. The molecule has 1 aliphatic rings. The summed E-state index contributed by atoms with van der Waals surface area (Å²) in [5.74, 6) is 7.52. The van der Waals surface area contributed by atoms with Crippen LogP contribution in [-0.4, -0.2) is 53.3 Å². The number of halogens is 1. The summed E-state index contributed by atoms with van der Waals surface area (Å²) in [6.07, 6.45) is 6.18. The molecule has 0 radical (unpaired) electrons. The highest BCUT2D eigenvalue weighted by atomic mass is 19.1. The number of nitrogens with zero attached hydrogens (tertiary/aromatic N) is 3. The molecular weight excluding hydrogens is 417 g/mol. The number of hydrogen-bond donors (Lipinski definition) is 1. The van der Waals surface area contributed by atoms with Gasteiger partial charge in [-0.3, -0.25) is 14.9 Å². The maximum absolute atomic E-state index is 15.3. The second kappa shape index (κ2) is 11.2. The molecule has 1 aromatic carbocycles. The van der Waals surface area contributed by atoms with Gasteiger partial charge in [-0.15, -0.1) is 0 Å². The van der Waals surface area contributed by atoms with Crippen molar-refractivity contribution < 1.29 is 14.2 Å². The van der Waals surface area contributed by atoms with Crippen molar-refractivity contribution in [1.29, 1.82) is 0 Å². The van der Waals surface area contributed by atoms with Crippen molar-refractivity contribution in [2.75, 3.05) is 33.4 Å². The SMILES string of the molecule is COc1ccc2nccc([C@H](F)CC[C@@H]3CCN(CC#Cc4ccncc4)C[C@@H]3CO)c2c1. The molecule has 0 aliphatic carbocycles. The first-order valence-corrected chi connectivity index (χ1v) is 11.5. The van der Waals surface area contributed by atoms with Crippen LogP contribution in [0.1, 0.15) is 36.6 Å². The molecular formula is C27H30FN3O2. The first-order valence-electron chi connectivity index (χ1n) is 11.5. The molecule has 6 heteroatoms. The number of rotatable bonds is 7. The van der Waals surface area contributed by atoms with Crippen molar-refractivity contribution in [3.05, 3.63) is 66.1 Å². The number of alkyl halides is 1. The molecule has 1 saturated heterocycles. The monoisotopic (exact) mass is 447 g/mol. The highest BCUT2D eigenvalue weighted by Gasteiger charge is 2.29. The van der Waals surface area contributed by atoms with Gasteiger partial charge in [0.15, 0.2) is 0 Å². The van der Waals surface area contributed by atoms with Crippen LogP contribution in [0.25, 0.3) is 10.9 Å². The second-order valence-corrected chi connectivity index (χ2v) is 8.59. The van der Waals surface area contributed by atoms with Gasteiger partial charge in [0.2, 0.25) is 0 Å². The van der Waals surface area contributed by atoms with Gasteiger partial charge in [-0.1, -0.05) is 11.8 Å². The number of aromatic nitrogens is 2. The van der Waals surface area contributed by atoms with E-state index in [0.717, 1.165) is 42.4 Å². The van der Waals surface area contributed by atoms with Crippen molar-refractivity contribution in [2.45, 2.75) is 25.4 Å². The normalized spacial score (nSPS) is 19.6. The van der Waals surface area contributed by atoms with E-state index in [4.69, 9.17) is 4.74 Å². The topological polar surface area (TPSA) is 58.5 Å². The van der Waals surface area contributed by atoms with E-state index in [-0.39, 0.29) is 12.5 Å². The van der Waals surface area contributed by atoms with Crippen LogP contribution in [0.3, 0.4) is 0 Å². The summed E-state index contributed by atoms with van der Waals surface area (Å²) in [5, 5.41) is 10.8. The molecule has 0 unspecified atom stereocenters. The Morgan fingerprint density at radius 2 is 2.03 bits per heavy atom. The fourth-order valence-electron chi connectivity index (χ4n) is 4.64. The van der Waals surface area contributed by atoms with E-state index in [0.29, 0.717) is 30.2 Å². The lowest BCUT2D eigenvalue weighted by molar-refractivity contribution is 0.0708. The van der Waals surface area contributed by atoms with Gasteiger partial charge in [-0.25, -0.2) is 4.39 Å². The van der Waals surface area contributed by atoms with Crippen LogP contribution in [0.15, 0.2) is 55.0 Å². The molecule has 5 nitrogen and oxygen atoms in total. The minimum Gasteiger partial charge on any atom is -0.497 e. The highest BCUT2D eigenvalue weighted by Crippen LogP contribution is 2.35. The van der Waals surface area contributed by atoms with Crippen molar-refractivity contribution in [3.63, 3.8) is 0 Å². The number of piperidine rings is 1. The van der Waals surface area contributed by atoms with Gasteiger partial charge < -0.3 is 9.84 Å². The van der Waals surface area contributed by atoms with Gasteiger partial charge in [0.25, 0.3) is 0 Å². The number of aliphatic hydroxyl groups is 1. The zero-order valence-electron chi connectivity index (χ0n) is 19.0. The van der Waals surface area contributed by atoms with E-state index < -0.39 is 6.17 Å². The molecule has 3 heterocycles. The molecule has 33 heavy (non-hydrogen) atoms. The molecule has 2 aromatic heterocycles. The van der Waals surface area contributed by atoms with Gasteiger partial charge in [0.1, 0.15) is 11.9 Å². The first-order chi connectivity index (χ1) is 16.2. The Balaban J connectivity index is 1.34. The molecule has 1 N–H and O–H groups in total. The predicted octanol–water partition coefficient (Wildman–Crippen LogP) is 4.41.